The Labute approximate surface area is 144 Å². The number of aromatic nitrogens is 3. The number of rotatable bonds is 4. The molecule has 0 saturated heterocycles. The van der Waals surface area contributed by atoms with Crippen LogP contribution in [0.25, 0.3) is 11.5 Å². The van der Waals surface area contributed by atoms with Gasteiger partial charge in [0.1, 0.15) is 11.5 Å². The lowest BCUT2D eigenvalue weighted by Gasteiger charge is -2.21. The molecular weight excluding hydrogens is 328 g/mol. The molecule has 4 nitrogen and oxygen atoms in total. The topological polar surface area (TPSA) is 41.9 Å². The highest BCUT2D eigenvalue weighted by Crippen LogP contribution is 2.27. The predicted octanol–water partition coefficient (Wildman–Crippen LogP) is 4.51. The Morgan fingerprint density at radius 3 is 2.61 bits per heavy atom. The number of thiophene rings is 1. The van der Waals surface area contributed by atoms with E-state index in [2.05, 4.69) is 14.9 Å². The standard InChI is InChI=1S/C17H17ClN4S/c1-11-12(2)20-16(14-6-4-5-9-19-14)21-17(11)22(3)10-13-7-8-15(18)23-13/h4-9H,10H2,1-3H3. The zero-order chi connectivity index (χ0) is 16.4. The molecule has 0 N–H and O–H groups in total. The van der Waals surface area contributed by atoms with Crippen molar-refractivity contribution < 1.29 is 0 Å². The average molecular weight is 345 g/mol. The van der Waals surface area contributed by atoms with Crippen molar-refractivity contribution in [3.8, 4) is 11.5 Å². The van der Waals surface area contributed by atoms with Crippen LogP contribution in [0.2, 0.25) is 4.34 Å². The molecule has 3 rings (SSSR count). The summed E-state index contributed by atoms with van der Waals surface area (Å²) in [5, 5.41) is 0. The predicted molar refractivity (Wildman–Crippen MR) is 96.2 cm³/mol. The number of nitrogens with zero attached hydrogens (tertiary/aromatic N) is 4. The van der Waals surface area contributed by atoms with Crippen molar-refractivity contribution in [2.75, 3.05) is 11.9 Å². The first-order valence-electron chi connectivity index (χ1n) is 7.26. The number of pyridine rings is 1. The van der Waals surface area contributed by atoms with Crippen LogP contribution in [0.15, 0.2) is 36.5 Å². The average Bonchev–Trinajstić information content (AvgIpc) is 2.95. The van der Waals surface area contributed by atoms with E-state index in [0.29, 0.717) is 5.82 Å². The minimum atomic E-state index is 0.653. The Morgan fingerprint density at radius 2 is 1.96 bits per heavy atom. The van der Waals surface area contributed by atoms with Gasteiger partial charge in [-0.05, 0) is 38.1 Å². The molecule has 6 heteroatoms. The van der Waals surface area contributed by atoms with Gasteiger partial charge in [-0.15, -0.1) is 11.3 Å². The minimum absolute atomic E-state index is 0.653. The van der Waals surface area contributed by atoms with Crippen molar-refractivity contribution >= 4 is 28.8 Å². The van der Waals surface area contributed by atoms with E-state index in [9.17, 15) is 0 Å². The summed E-state index contributed by atoms with van der Waals surface area (Å²) >= 11 is 7.61. The first-order chi connectivity index (χ1) is 11.0. The molecule has 0 aromatic carbocycles. The Hall–Kier alpha value is -1.98. The van der Waals surface area contributed by atoms with Crippen LogP contribution in [0.3, 0.4) is 0 Å². The summed E-state index contributed by atoms with van der Waals surface area (Å²) in [6.45, 7) is 4.81. The molecule has 0 fully saturated rings. The van der Waals surface area contributed by atoms with Crippen LogP contribution in [0.4, 0.5) is 5.82 Å². The molecule has 0 bridgehead atoms. The molecule has 0 amide bonds. The summed E-state index contributed by atoms with van der Waals surface area (Å²) in [7, 11) is 2.03. The molecule has 118 valence electrons. The van der Waals surface area contributed by atoms with Gasteiger partial charge in [-0.3, -0.25) is 4.98 Å². The molecule has 0 unspecified atom stereocenters. The Morgan fingerprint density at radius 1 is 1.13 bits per heavy atom. The lowest BCUT2D eigenvalue weighted by Crippen LogP contribution is -2.19. The van der Waals surface area contributed by atoms with E-state index in [0.717, 1.165) is 33.7 Å². The van der Waals surface area contributed by atoms with Crippen LogP contribution in [0.5, 0.6) is 0 Å². The molecule has 0 radical (unpaired) electrons. The van der Waals surface area contributed by atoms with Gasteiger partial charge in [0.05, 0.1) is 10.9 Å². The van der Waals surface area contributed by atoms with Crippen molar-refractivity contribution in [3.63, 3.8) is 0 Å². The van der Waals surface area contributed by atoms with Gasteiger partial charge in [0.2, 0.25) is 0 Å². The van der Waals surface area contributed by atoms with Crippen LogP contribution in [0.1, 0.15) is 16.1 Å². The molecular formula is C17H17ClN4S. The quantitative estimate of drug-likeness (QED) is 0.698. The Balaban J connectivity index is 1.96. The number of anilines is 1. The van der Waals surface area contributed by atoms with Gasteiger partial charge in [-0.1, -0.05) is 17.7 Å². The van der Waals surface area contributed by atoms with E-state index in [-0.39, 0.29) is 0 Å². The lowest BCUT2D eigenvalue weighted by atomic mass is 10.2. The molecule has 3 heterocycles. The minimum Gasteiger partial charge on any atom is -0.354 e. The zero-order valence-corrected chi connectivity index (χ0v) is 14.8. The van der Waals surface area contributed by atoms with Crippen molar-refractivity contribution in [2.45, 2.75) is 20.4 Å². The van der Waals surface area contributed by atoms with E-state index < -0.39 is 0 Å². The maximum Gasteiger partial charge on any atom is 0.180 e. The SMILES string of the molecule is Cc1nc(-c2ccccn2)nc(N(C)Cc2ccc(Cl)s2)c1C. The molecule has 3 aromatic heterocycles. The molecule has 23 heavy (non-hydrogen) atoms. The second-order valence-electron chi connectivity index (χ2n) is 5.36. The second kappa shape index (κ2) is 6.64. The normalized spacial score (nSPS) is 10.8. The Bertz CT molecular complexity index is 817. The van der Waals surface area contributed by atoms with Gasteiger partial charge in [0.15, 0.2) is 5.82 Å². The molecule has 0 aliphatic heterocycles. The zero-order valence-electron chi connectivity index (χ0n) is 13.2. The van der Waals surface area contributed by atoms with Gasteiger partial charge in [-0.2, -0.15) is 0 Å². The number of hydrogen-bond acceptors (Lipinski definition) is 5. The second-order valence-corrected chi connectivity index (χ2v) is 7.16. The molecule has 0 spiro atoms. The molecule has 0 aliphatic carbocycles. The third-order valence-electron chi connectivity index (χ3n) is 3.64. The first-order valence-corrected chi connectivity index (χ1v) is 8.46. The highest BCUT2D eigenvalue weighted by Gasteiger charge is 2.14. The van der Waals surface area contributed by atoms with E-state index >= 15 is 0 Å². The molecule has 3 aromatic rings. The third kappa shape index (κ3) is 3.51. The summed E-state index contributed by atoms with van der Waals surface area (Å²) < 4.78 is 0.804. The van der Waals surface area contributed by atoms with Crippen molar-refractivity contribution in [1.29, 1.82) is 0 Å². The van der Waals surface area contributed by atoms with Crippen molar-refractivity contribution in [2.24, 2.45) is 0 Å². The lowest BCUT2D eigenvalue weighted by molar-refractivity contribution is 0.888. The van der Waals surface area contributed by atoms with E-state index in [1.165, 1.54) is 4.88 Å². The number of hydrogen-bond donors (Lipinski definition) is 0. The summed E-state index contributed by atoms with van der Waals surface area (Å²) in [6, 6.07) is 9.72. The van der Waals surface area contributed by atoms with Crippen LogP contribution in [-0.2, 0) is 6.54 Å². The van der Waals surface area contributed by atoms with Crippen LogP contribution >= 0.6 is 22.9 Å². The van der Waals surface area contributed by atoms with Gasteiger partial charge in [0, 0.05) is 29.4 Å². The fraction of sp³-hybridized carbons (Fsp3) is 0.235. The van der Waals surface area contributed by atoms with E-state index in [1.54, 1.807) is 17.5 Å². The smallest absolute Gasteiger partial charge is 0.180 e. The number of halogens is 1. The van der Waals surface area contributed by atoms with E-state index in [4.69, 9.17) is 16.6 Å². The largest absolute Gasteiger partial charge is 0.354 e. The van der Waals surface area contributed by atoms with Crippen LogP contribution in [0, 0.1) is 13.8 Å². The highest BCUT2D eigenvalue weighted by atomic mass is 35.5. The van der Waals surface area contributed by atoms with Gasteiger partial charge < -0.3 is 4.90 Å². The highest BCUT2D eigenvalue weighted by molar-refractivity contribution is 7.16. The third-order valence-corrected chi connectivity index (χ3v) is 4.86. The van der Waals surface area contributed by atoms with Crippen molar-refractivity contribution in [3.05, 3.63) is 57.0 Å². The van der Waals surface area contributed by atoms with Crippen LogP contribution in [-0.4, -0.2) is 22.0 Å². The first kappa shape index (κ1) is 15.9. The maximum atomic E-state index is 6.02. The van der Waals surface area contributed by atoms with Crippen molar-refractivity contribution in [1.82, 2.24) is 15.0 Å². The van der Waals surface area contributed by atoms with E-state index in [1.807, 2.05) is 51.2 Å². The van der Waals surface area contributed by atoms with Gasteiger partial charge in [-0.25, -0.2) is 9.97 Å². The van der Waals surface area contributed by atoms with Gasteiger partial charge >= 0.3 is 0 Å². The summed E-state index contributed by atoms with van der Waals surface area (Å²) in [4.78, 5) is 17.0. The van der Waals surface area contributed by atoms with Crippen LogP contribution < -0.4 is 4.90 Å². The Kier molecular flexibility index (Phi) is 4.59. The summed E-state index contributed by atoms with van der Waals surface area (Å²) in [6.07, 6.45) is 1.75. The number of aryl methyl sites for hydroxylation is 1. The maximum absolute atomic E-state index is 6.02. The summed E-state index contributed by atoms with van der Waals surface area (Å²) in [5.41, 5.74) is 2.82. The monoisotopic (exact) mass is 344 g/mol. The molecule has 0 aliphatic rings. The fourth-order valence-corrected chi connectivity index (χ4v) is 3.48. The van der Waals surface area contributed by atoms with Gasteiger partial charge in [0.25, 0.3) is 0 Å². The fourth-order valence-electron chi connectivity index (χ4n) is 2.34. The summed E-state index contributed by atoms with van der Waals surface area (Å²) in [5.74, 6) is 1.57. The molecule has 0 saturated carbocycles. The molecule has 0 atom stereocenters.